The van der Waals surface area contributed by atoms with Crippen molar-refractivity contribution in [2.24, 2.45) is 0 Å². The number of piperazine rings is 1. The standard InChI is InChI=1S/C12H18BrN3O2S/c1-19(17,18)16-6-4-15(5-7-16)9-10-2-3-11(13)8-12(10)14/h2-3,8H,4-7,9,14H2,1H3. The minimum atomic E-state index is -3.06. The molecule has 1 aromatic carbocycles. The number of anilines is 1. The van der Waals surface area contributed by atoms with Gasteiger partial charge in [0.2, 0.25) is 10.0 Å². The van der Waals surface area contributed by atoms with Gasteiger partial charge in [0.1, 0.15) is 0 Å². The molecule has 0 bridgehead atoms. The number of nitrogens with two attached hydrogens (primary N) is 1. The summed E-state index contributed by atoms with van der Waals surface area (Å²) in [6.45, 7) is 3.34. The number of hydrogen-bond acceptors (Lipinski definition) is 4. The molecule has 1 heterocycles. The highest BCUT2D eigenvalue weighted by molar-refractivity contribution is 9.10. The van der Waals surface area contributed by atoms with Crippen LogP contribution in [0.3, 0.4) is 0 Å². The van der Waals surface area contributed by atoms with Crippen molar-refractivity contribution in [1.29, 1.82) is 0 Å². The Morgan fingerprint density at radius 3 is 2.42 bits per heavy atom. The van der Waals surface area contributed by atoms with Crippen molar-refractivity contribution in [3.8, 4) is 0 Å². The van der Waals surface area contributed by atoms with Crippen LogP contribution < -0.4 is 5.73 Å². The van der Waals surface area contributed by atoms with Gasteiger partial charge in [0.15, 0.2) is 0 Å². The van der Waals surface area contributed by atoms with Crippen LogP contribution >= 0.6 is 15.9 Å². The Morgan fingerprint density at radius 1 is 1.26 bits per heavy atom. The summed E-state index contributed by atoms with van der Waals surface area (Å²) in [4.78, 5) is 2.22. The number of nitrogen functional groups attached to an aromatic ring is 1. The van der Waals surface area contributed by atoms with Gasteiger partial charge in [-0.05, 0) is 17.7 Å². The maximum absolute atomic E-state index is 11.4. The van der Waals surface area contributed by atoms with Gasteiger partial charge in [-0.1, -0.05) is 22.0 Å². The number of hydrogen-bond donors (Lipinski definition) is 1. The van der Waals surface area contributed by atoms with Crippen molar-refractivity contribution in [2.45, 2.75) is 6.54 Å². The Kier molecular flexibility index (Phi) is 4.50. The van der Waals surface area contributed by atoms with E-state index in [-0.39, 0.29) is 0 Å². The lowest BCUT2D eigenvalue weighted by atomic mass is 10.1. The molecule has 2 N–H and O–H groups in total. The van der Waals surface area contributed by atoms with E-state index in [9.17, 15) is 8.42 Å². The summed E-state index contributed by atoms with van der Waals surface area (Å²) in [6, 6.07) is 5.86. The summed E-state index contributed by atoms with van der Waals surface area (Å²) in [7, 11) is -3.06. The molecule has 1 aliphatic heterocycles. The minimum absolute atomic E-state index is 0.551. The van der Waals surface area contributed by atoms with Crippen LogP contribution in [0.4, 0.5) is 5.69 Å². The maximum Gasteiger partial charge on any atom is 0.211 e. The molecule has 1 fully saturated rings. The predicted octanol–water partition coefficient (Wildman–Crippen LogP) is 1.11. The first kappa shape index (κ1) is 14.8. The summed E-state index contributed by atoms with van der Waals surface area (Å²) < 4.78 is 25.3. The molecule has 0 radical (unpaired) electrons. The second-order valence-corrected chi connectivity index (χ2v) is 7.68. The summed E-state index contributed by atoms with van der Waals surface area (Å²) in [6.07, 6.45) is 1.26. The highest BCUT2D eigenvalue weighted by Gasteiger charge is 2.23. The van der Waals surface area contributed by atoms with Gasteiger partial charge < -0.3 is 5.73 Å². The van der Waals surface area contributed by atoms with Gasteiger partial charge in [0, 0.05) is 42.9 Å². The van der Waals surface area contributed by atoms with E-state index in [4.69, 9.17) is 5.73 Å². The number of rotatable bonds is 3. The predicted molar refractivity (Wildman–Crippen MR) is 80.2 cm³/mol. The van der Waals surface area contributed by atoms with E-state index in [1.165, 1.54) is 10.6 Å². The molecular formula is C12H18BrN3O2S. The van der Waals surface area contributed by atoms with Crippen LogP contribution in [0.25, 0.3) is 0 Å². The summed E-state index contributed by atoms with van der Waals surface area (Å²) in [5.41, 5.74) is 7.82. The zero-order valence-electron chi connectivity index (χ0n) is 10.8. The zero-order valence-corrected chi connectivity index (χ0v) is 13.2. The van der Waals surface area contributed by atoms with E-state index in [2.05, 4.69) is 20.8 Å². The molecule has 0 aromatic heterocycles. The Morgan fingerprint density at radius 2 is 1.89 bits per heavy atom. The number of halogens is 1. The Balaban J connectivity index is 1.96. The monoisotopic (exact) mass is 347 g/mol. The van der Waals surface area contributed by atoms with Crippen molar-refractivity contribution in [3.05, 3.63) is 28.2 Å². The van der Waals surface area contributed by atoms with Crippen LogP contribution in [0.1, 0.15) is 5.56 Å². The normalized spacial score (nSPS) is 18.6. The van der Waals surface area contributed by atoms with Gasteiger partial charge in [0.05, 0.1) is 6.26 Å². The number of benzene rings is 1. The zero-order chi connectivity index (χ0) is 14.0. The van der Waals surface area contributed by atoms with E-state index in [1.54, 1.807) is 0 Å². The topological polar surface area (TPSA) is 66.6 Å². The van der Waals surface area contributed by atoms with E-state index in [0.717, 1.165) is 35.4 Å². The smallest absolute Gasteiger partial charge is 0.211 e. The van der Waals surface area contributed by atoms with E-state index in [1.807, 2.05) is 18.2 Å². The highest BCUT2D eigenvalue weighted by atomic mass is 79.9. The van der Waals surface area contributed by atoms with Crippen LogP contribution in [0.2, 0.25) is 0 Å². The average Bonchev–Trinajstić information content (AvgIpc) is 2.32. The molecule has 0 saturated carbocycles. The van der Waals surface area contributed by atoms with Gasteiger partial charge in [-0.25, -0.2) is 8.42 Å². The lowest BCUT2D eigenvalue weighted by Crippen LogP contribution is -2.47. The first-order chi connectivity index (χ1) is 8.86. The second-order valence-electron chi connectivity index (χ2n) is 4.78. The molecule has 0 aliphatic carbocycles. The third-order valence-electron chi connectivity index (χ3n) is 3.30. The number of sulfonamides is 1. The molecular weight excluding hydrogens is 330 g/mol. The van der Waals surface area contributed by atoms with Gasteiger partial charge in [-0.15, -0.1) is 0 Å². The van der Waals surface area contributed by atoms with Gasteiger partial charge >= 0.3 is 0 Å². The Bertz CT molecular complexity index is 554. The highest BCUT2D eigenvalue weighted by Crippen LogP contribution is 2.20. The summed E-state index contributed by atoms with van der Waals surface area (Å²) in [5, 5.41) is 0. The van der Waals surface area contributed by atoms with Crippen molar-refractivity contribution in [2.75, 3.05) is 38.2 Å². The minimum Gasteiger partial charge on any atom is -0.398 e. The van der Waals surface area contributed by atoms with Gasteiger partial charge in [0.25, 0.3) is 0 Å². The van der Waals surface area contributed by atoms with Crippen LogP contribution in [0.5, 0.6) is 0 Å². The molecule has 7 heteroatoms. The Labute approximate surface area is 122 Å². The molecule has 0 atom stereocenters. The third kappa shape index (κ3) is 3.92. The quantitative estimate of drug-likeness (QED) is 0.831. The molecule has 0 amide bonds. The number of nitrogens with zero attached hydrogens (tertiary/aromatic N) is 2. The SMILES string of the molecule is CS(=O)(=O)N1CCN(Cc2ccc(Br)cc2N)CC1. The van der Waals surface area contributed by atoms with Crippen LogP contribution in [-0.2, 0) is 16.6 Å². The van der Waals surface area contributed by atoms with E-state index in [0.29, 0.717) is 13.1 Å². The molecule has 1 saturated heterocycles. The molecule has 0 unspecified atom stereocenters. The Hall–Kier alpha value is -0.630. The lowest BCUT2D eigenvalue weighted by Gasteiger charge is -2.33. The third-order valence-corrected chi connectivity index (χ3v) is 5.10. The largest absolute Gasteiger partial charge is 0.398 e. The fourth-order valence-corrected chi connectivity index (χ4v) is 3.38. The van der Waals surface area contributed by atoms with Crippen LogP contribution in [0, 0.1) is 0 Å². The van der Waals surface area contributed by atoms with Crippen molar-refractivity contribution in [1.82, 2.24) is 9.21 Å². The molecule has 1 aromatic rings. The average molecular weight is 348 g/mol. The molecule has 1 aliphatic rings. The summed E-state index contributed by atoms with van der Waals surface area (Å²) >= 11 is 3.38. The summed E-state index contributed by atoms with van der Waals surface area (Å²) in [5.74, 6) is 0. The molecule has 2 rings (SSSR count). The van der Waals surface area contributed by atoms with Crippen molar-refractivity contribution in [3.63, 3.8) is 0 Å². The van der Waals surface area contributed by atoms with Gasteiger partial charge in [-0.3, -0.25) is 4.90 Å². The van der Waals surface area contributed by atoms with Crippen LogP contribution in [-0.4, -0.2) is 50.1 Å². The molecule has 106 valence electrons. The fourth-order valence-electron chi connectivity index (χ4n) is 2.17. The van der Waals surface area contributed by atoms with Crippen molar-refractivity contribution < 1.29 is 8.42 Å². The van der Waals surface area contributed by atoms with E-state index >= 15 is 0 Å². The van der Waals surface area contributed by atoms with Crippen LogP contribution in [0.15, 0.2) is 22.7 Å². The maximum atomic E-state index is 11.4. The van der Waals surface area contributed by atoms with Crippen molar-refractivity contribution >= 4 is 31.6 Å². The first-order valence-electron chi connectivity index (χ1n) is 6.07. The molecule has 0 spiro atoms. The van der Waals surface area contributed by atoms with E-state index < -0.39 is 10.0 Å². The molecule has 19 heavy (non-hydrogen) atoms. The first-order valence-corrected chi connectivity index (χ1v) is 8.72. The molecule has 5 nitrogen and oxygen atoms in total. The second kappa shape index (κ2) is 5.78. The van der Waals surface area contributed by atoms with Gasteiger partial charge in [-0.2, -0.15) is 4.31 Å². The fraction of sp³-hybridized carbons (Fsp3) is 0.500. The lowest BCUT2D eigenvalue weighted by molar-refractivity contribution is 0.182.